The molecule has 0 saturated heterocycles. The van der Waals surface area contributed by atoms with Crippen molar-refractivity contribution in [3.8, 4) is 50.2 Å². The average molecular weight is 738 g/mol. The van der Waals surface area contributed by atoms with Crippen molar-refractivity contribution in [3.63, 3.8) is 0 Å². The lowest BCUT2D eigenvalue weighted by Crippen LogP contribution is -1.93. The predicted molar refractivity (Wildman–Crippen MR) is 245 cm³/mol. The second-order valence-corrected chi connectivity index (χ2v) is 15.2. The van der Waals surface area contributed by atoms with E-state index in [2.05, 4.69) is 211 Å². The first-order valence-electron chi connectivity index (χ1n) is 19.9. The van der Waals surface area contributed by atoms with Crippen LogP contribution >= 0.6 is 0 Å². The number of aromatic nitrogens is 1. The Kier molecular flexibility index (Phi) is 7.26. The van der Waals surface area contributed by atoms with E-state index in [0.717, 1.165) is 33.2 Å². The molecule has 58 heavy (non-hydrogen) atoms. The zero-order valence-electron chi connectivity index (χ0n) is 31.6. The lowest BCUT2D eigenvalue weighted by molar-refractivity contribution is 0.669. The van der Waals surface area contributed by atoms with Gasteiger partial charge in [0.2, 0.25) is 0 Å². The molecule has 10 aromatic carbocycles. The van der Waals surface area contributed by atoms with Gasteiger partial charge in [-0.15, -0.1) is 0 Å². The van der Waals surface area contributed by atoms with Crippen LogP contribution < -0.4 is 0 Å². The maximum Gasteiger partial charge on any atom is 0.136 e. The highest BCUT2D eigenvalue weighted by Crippen LogP contribution is 2.47. The Morgan fingerprint density at radius 2 is 0.776 bits per heavy atom. The van der Waals surface area contributed by atoms with E-state index in [1.165, 1.54) is 82.3 Å². The first-order valence-corrected chi connectivity index (χ1v) is 19.9. The molecule has 12 rings (SSSR count). The van der Waals surface area contributed by atoms with E-state index in [0.29, 0.717) is 0 Å². The van der Waals surface area contributed by atoms with Gasteiger partial charge in [-0.3, -0.25) is 0 Å². The number of furan rings is 1. The Labute approximate surface area is 335 Å². The third-order valence-corrected chi connectivity index (χ3v) is 12.0. The van der Waals surface area contributed by atoms with Crippen LogP contribution in [0.15, 0.2) is 217 Å². The van der Waals surface area contributed by atoms with Crippen LogP contribution in [0.4, 0.5) is 0 Å². The van der Waals surface area contributed by atoms with Gasteiger partial charge in [-0.05, 0) is 103 Å². The van der Waals surface area contributed by atoms with Gasteiger partial charge in [0.25, 0.3) is 0 Å². The minimum absolute atomic E-state index is 0.888. The zero-order valence-corrected chi connectivity index (χ0v) is 31.6. The number of rotatable bonds is 5. The predicted octanol–water partition coefficient (Wildman–Crippen LogP) is 15.7. The Morgan fingerprint density at radius 1 is 0.293 bits per heavy atom. The van der Waals surface area contributed by atoms with Crippen molar-refractivity contribution in [2.45, 2.75) is 0 Å². The van der Waals surface area contributed by atoms with Gasteiger partial charge in [0.15, 0.2) is 0 Å². The van der Waals surface area contributed by atoms with Crippen molar-refractivity contribution >= 4 is 65.3 Å². The van der Waals surface area contributed by atoms with Gasteiger partial charge < -0.3 is 8.98 Å². The van der Waals surface area contributed by atoms with Crippen LogP contribution in [0, 0.1) is 0 Å². The van der Waals surface area contributed by atoms with Crippen LogP contribution in [0.25, 0.3) is 115 Å². The third kappa shape index (κ3) is 4.92. The Hall–Kier alpha value is -7.68. The molecular formula is C56H35NO. The molecular weight excluding hydrogens is 703 g/mol. The molecule has 0 aliphatic rings. The van der Waals surface area contributed by atoms with Crippen molar-refractivity contribution in [1.29, 1.82) is 0 Å². The lowest BCUT2D eigenvalue weighted by Gasteiger charge is -2.18. The SMILES string of the molecule is c1ccc(-c2c3ccccc3c(-c3ccc(-c4c(-c5ccc6c(c5)c5ccccc5n6-c5ccccc5)ccc5oc6ccccc6c45)cc3)c3ccccc23)cc1. The molecule has 0 spiro atoms. The third-order valence-electron chi connectivity index (χ3n) is 12.0. The van der Waals surface area contributed by atoms with E-state index in [1.807, 2.05) is 6.07 Å². The zero-order chi connectivity index (χ0) is 38.2. The van der Waals surface area contributed by atoms with Crippen LogP contribution in [0.2, 0.25) is 0 Å². The van der Waals surface area contributed by atoms with Crippen molar-refractivity contribution in [3.05, 3.63) is 212 Å². The average Bonchev–Trinajstić information content (AvgIpc) is 3.84. The second kappa shape index (κ2) is 12.9. The highest BCUT2D eigenvalue weighted by Gasteiger charge is 2.21. The summed E-state index contributed by atoms with van der Waals surface area (Å²) in [5, 5.41) is 9.73. The Bertz CT molecular complexity index is 3480. The molecule has 0 saturated carbocycles. The fraction of sp³-hybridized carbons (Fsp3) is 0. The Balaban J connectivity index is 1.08. The topological polar surface area (TPSA) is 18.1 Å². The number of fused-ring (bicyclic) bond motifs is 8. The molecule has 270 valence electrons. The standard InChI is InChI=1S/C56H35NO/c1-3-15-36(16-4-1)53-43-20-7-9-22-45(43)54(46-23-10-8-21-44(46)53)37-27-29-38(30-28-37)55-41(32-34-52-56(55)47-24-12-14-26-51(47)58-52)39-31-33-50-48(35-39)42-19-11-13-25-49(42)57(50)40-17-5-2-6-18-40/h1-35H. The summed E-state index contributed by atoms with van der Waals surface area (Å²) in [5.41, 5.74) is 14.9. The highest BCUT2D eigenvalue weighted by atomic mass is 16.3. The molecule has 0 fully saturated rings. The number of hydrogen-bond acceptors (Lipinski definition) is 1. The lowest BCUT2D eigenvalue weighted by atomic mass is 9.85. The van der Waals surface area contributed by atoms with E-state index >= 15 is 0 Å². The molecule has 0 N–H and O–H groups in total. The fourth-order valence-electron chi connectivity index (χ4n) is 9.51. The van der Waals surface area contributed by atoms with E-state index < -0.39 is 0 Å². The molecule has 0 aliphatic heterocycles. The summed E-state index contributed by atoms with van der Waals surface area (Å²) in [4.78, 5) is 0. The number of para-hydroxylation sites is 3. The van der Waals surface area contributed by atoms with Crippen LogP contribution in [0.3, 0.4) is 0 Å². The van der Waals surface area contributed by atoms with Crippen LogP contribution in [-0.2, 0) is 0 Å². The van der Waals surface area contributed by atoms with Crippen molar-refractivity contribution in [2.24, 2.45) is 0 Å². The van der Waals surface area contributed by atoms with Crippen LogP contribution in [0.5, 0.6) is 0 Å². The van der Waals surface area contributed by atoms with Gasteiger partial charge in [0, 0.05) is 32.8 Å². The molecule has 2 nitrogen and oxygen atoms in total. The fourth-order valence-corrected chi connectivity index (χ4v) is 9.51. The molecule has 0 amide bonds. The van der Waals surface area contributed by atoms with E-state index in [-0.39, 0.29) is 0 Å². The summed E-state index contributed by atoms with van der Waals surface area (Å²) in [5.74, 6) is 0. The summed E-state index contributed by atoms with van der Waals surface area (Å²) in [6.45, 7) is 0. The molecule has 2 aromatic heterocycles. The highest BCUT2D eigenvalue weighted by molar-refractivity contribution is 6.22. The normalized spacial score (nSPS) is 11.8. The number of nitrogens with zero attached hydrogens (tertiary/aromatic N) is 1. The van der Waals surface area contributed by atoms with Gasteiger partial charge in [0.1, 0.15) is 11.2 Å². The van der Waals surface area contributed by atoms with E-state index in [9.17, 15) is 0 Å². The molecule has 0 atom stereocenters. The van der Waals surface area contributed by atoms with Crippen LogP contribution in [-0.4, -0.2) is 4.57 Å². The summed E-state index contributed by atoms with van der Waals surface area (Å²) in [6.07, 6.45) is 0. The van der Waals surface area contributed by atoms with Gasteiger partial charge in [-0.1, -0.05) is 170 Å². The minimum atomic E-state index is 0.888. The monoisotopic (exact) mass is 737 g/mol. The quantitative estimate of drug-likeness (QED) is 0.161. The Morgan fingerprint density at radius 3 is 1.43 bits per heavy atom. The van der Waals surface area contributed by atoms with Crippen molar-refractivity contribution < 1.29 is 4.42 Å². The molecule has 2 heteroatoms. The summed E-state index contributed by atoms with van der Waals surface area (Å²) < 4.78 is 8.90. The molecule has 0 bridgehead atoms. The smallest absolute Gasteiger partial charge is 0.136 e. The molecule has 0 unspecified atom stereocenters. The van der Waals surface area contributed by atoms with Crippen molar-refractivity contribution in [2.75, 3.05) is 0 Å². The van der Waals surface area contributed by atoms with E-state index in [4.69, 9.17) is 4.42 Å². The van der Waals surface area contributed by atoms with Gasteiger partial charge in [-0.25, -0.2) is 0 Å². The number of hydrogen-bond donors (Lipinski definition) is 0. The van der Waals surface area contributed by atoms with Crippen LogP contribution in [0.1, 0.15) is 0 Å². The molecule has 2 heterocycles. The largest absolute Gasteiger partial charge is 0.456 e. The summed E-state index contributed by atoms with van der Waals surface area (Å²) >= 11 is 0. The van der Waals surface area contributed by atoms with Gasteiger partial charge >= 0.3 is 0 Å². The second-order valence-electron chi connectivity index (χ2n) is 15.2. The van der Waals surface area contributed by atoms with E-state index in [1.54, 1.807) is 0 Å². The molecule has 12 aromatic rings. The van der Waals surface area contributed by atoms with Gasteiger partial charge in [0.05, 0.1) is 11.0 Å². The van der Waals surface area contributed by atoms with Crippen molar-refractivity contribution in [1.82, 2.24) is 4.57 Å². The maximum atomic E-state index is 6.52. The molecule has 0 aliphatic carbocycles. The van der Waals surface area contributed by atoms with Gasteiger partial charge in [-0.2, -0.15) is 0 Å². The number of benzene rings is 10. The first-order chi connectivity index (χ1) is 28.8. The first kappa shape index (κ1) is 32.6. The maximum absolute atomic E-state index is 6.52. The summed E-state index contributed by atoms with van der Waals surface area (Å²) in [6, 6.07) is 76.9. The molecule has 0 radical (unpaired) electrons. The summed E-state index contributed by atoms with van der Waals surface area (Å²) in [7, 11) is 0. The minimum Gasteiger partial charge on any atom is -0.456 e.